The number of carbonyl (C=O) groups is 1. The zero-order valence-electron chi connectivity index (χ0n) is 13.5. The van der Waals surface area contributed by atoms with Gasteiger partial charge in [0.2, 0.25) is 5.91 Å². The number of aryl methyl sites for hydroxylation is 1. The zero-order valence-corrected chi connectivity index (χ0v) is 13.5. The Morgan fingerprint density at radius 2 is 1.83 bits per heavy atom. The number of amides is 1. The van der Waals surface area contributed by atoms with Gasteiger partial charge in [0.25, 0.3) is 0 Å². The van der Waals surface area contributed by atoms with Crippen molar-refractivity contribution in [3.63, 3.8) is 0 Å². The molecule has 1 fully saturated rings. The van der Waals surface area contributed by atoms with Gasteiger partial charge in [0.1, 0.15) is 0 Å². The molecule has 0 radical (unpaired) electrons. The van der Waals surface area contributed by atoms with Crippen molar-refractivity contribution in [2.24, 2.45) is 0 Å². The number of nitrogens with one attached hydrogen (secondary N) is 1. The first-order valence-corrected chi connectivity index (χ1v) is 8.18. The smallest absolute Gasteiger partial charge is 0.231 e. The van der Waals surface area contributed by atoms with Gasteiger partial charge in [0, 0.05) is 19.8 Å². The predicted molar refractivity (Wildman–Crippen MR) is 91.2 cm³/mol. The van der Waals surface area contributed by atoms with E-state index in [0.717, 1.165) is 24.0 Å². The Hall–Kier alpha value is -2.13. The van der Waals surface area contributed by atoms with Crippen molar-refractivity contribution in [3.8, 4) is 0 Å². The molecule has 1 aliphatic heterocycles. The second-order valence-electron chi connectivity index (χ2n) is 6.23. The Labute approximate surface area is 137 Å². The molecule has 120 valence electrons. The standard InChI is InChI=1S/C20H23NO2/c1-16-6-5-7-17(14-16)15-21-19(22)20(10-12-23-13-11-20)18-8-3-2-4-9-18/h2-9,14H,10-13,15H2,1H3,(H,21,22). The highest BCUT2D eigenvalue weighted by atomic mass is 16.5. The highest BCUT2D eigenvalue weighted by molar-refractivity contribution is 5.88. The lowest BCUT2D eigenvalue weighted by Gasteiger charge is -2.36. The quantitative estimate of drug-likeness (QED) is 0.940. The molecule has 2 aromatic carbocycles. The van der Waals surface area contributed by atoms with Crippen molar-refractivity contribution in [1.29, 1.82) is 0 Å². The molecule has 0 unspecified atom stereocenters. The van der Waals surface area contributed by atoms with Crippen LogP contribution < -0.4 is 5.32 Å². The first-order valence-electron chi connectivity index (χ1n) is 8.18. The van der Waals surface area contributed by atoms with Crippen LogP contribution >= 0.6 is 0 Å². The minimum atomic E-state index is -0.469. The molecular formula is C20H23NO2. The Morgan fingerprint density at radius 1 is 1.09 bits per heavy atom. The van der Waals surface area contributed by atoms with Gasteiger partial charge < -0.3 is 10.1 Å². The molecule has 0 aliphatic carbocycles. The molecule has 1 amide bonds. The molecule has 0 bridgehead atoms. The Morgan fingerprint density at radius 3 is 2.52 bits per heavy atom. The van der Waals surface area contributed by atoms with E-state index in [2.05, 4.69) is 36.5 Å². The maximum atomic E-state index is 13.0. The van der Waals surface area contributed by atoms with Crippen molar-refractivity contribution < 1.29 is 9.53 Å². The Kier molecular flexibility index (Phi) is 4.77. The summed E-state index contributed by atoms with van der Waals surface area (Å²) in [6.07, 6.45) is 1.47. The molecule has 1 heterocycles. The summed E-state index contributed by atoms with van der Waals surface area (Å²) in [4.78, 5) is 13.0. The molecule has 3 heteroatoms. The largest absolute Gasteiger partial charge is 0.381 e. The second kappa shape index (κ2) is 6.97. The summed E-state index contributed by atoms with van der Waals surface area (Å²) >= 11 is 0. The van der Waals surface area contributed by atoms with E-state index in [1.54, 1.807) is 0 Å². The second-order valence-corrected chi connectivity index (χ2v) is 6.23. The van der Waals surface area contributed by atoms with E-state index in [0.29, 0.717) is 19.8 Å². The molecule has 1 N–H and O–H groups in total. The first kappa shape index (κ1) is 15.8. The minimum Gasteiger partial charge on any atom is -0.381 e. The van der Waals surface area contributed by atoms with E-state index < -0.39 is 5.41 Å². The average Bonchev–Trinajstić information content (AvgIpc) is 2.61. The summed E-state index contributed by atoms with van der Waals surface area (Å²) in [5, 5.41) is 3.14. The van der Waals surface area contributed by atoms with Crippen molar-refractivity contribution in [1.82, 2.24) is 5.32 Å². The summed E-state index contributed by atoms with van der Waals surface area (Å²) < 4.78 is 5.49. The van der Waals surface area contributed by atoms with E-state index in [9.17, 15) is 4.79 Å². The highest BCUT2D eigenvalue weighted by Gasteiger charge is 2.41. The predicted octanol–water partition coefficient (Wildman–Crippen LogP) is 3.36. The maximum absolute atomic E-state index is 13.0. The van der Waals surface area contributed by atoms with Gasteiger partial charge in [-0.15, -0.1) is 0 Å². The van der Waals surface area contributed by atoms with Crippen LogP contribution in [0.15, 0.2) is 54.6 Å². The van der Waals surface area contributed by atoms with E-state index in [1.807, 2.05) is 30.3 Å². The number of carbonyl (C=O) groups excluding carboxylic acids is 1. The highest BCUT2D eigenvalue weighted by Crippen LogP contribution is 2.35. The fourth-order valence-electron chi connectivity index (χ4n) is 3.30. The van der Waals surface area contributed by atoms with Crippen LogP contribution in [0.4, 0.5) is 0 Å². The van der Waals surface area contributed by atoms with Crippen LogP contribution in [-0.2, 0) is 21.5 Å². The van der Waals surface area contributed by atoms with Gasteiger partial charge in [-0.25, -0.2) is 0 Å². The number of hydrogen-bond acceptors (Lipinski definition) is 2. The fourth-order valence-corrected chi connectivity index (χ4v) is 3.30. The number of rotatable bonds is 4. The first-order chi connectivity index (χ1) is 11.2. The lowest BCUT2D eigenvalue weighted by molar-refractivity contribution is -0.130. The van der Waals surface area contributed by atoms with Crippen molar-refractivity contribution in [3.05, 3.63) is 71.3 Å². The van der Waals surface area contributed by atoms with Crippen LogP contribution in [0, 0.1) is 6.92 Å². The lowest BCUT2D eigenvalue weighted by atomic mass is 9.73. The molecule has 1 aliphatic rings. The molecule has 0 spiro atoms. The van der Waals surface area contributed by atoms with Crippen molar-refractivity contribution in [2.45, 2.75) is 31.7 Å². The van der Waals surface area contributed by atoms with Gasteiger partial charge in [0.05, 0.1) is 5.41 Å². The summed E-state index contributed by atoms with van der Waals surface area (Å²) in [6.45, 7) is 3.89. The van der Waals surface area contributed by atoms with Crippen LogP contribution in [0.1, 0.15) is 29.5 Å². The van der Waals surface area contributed by atoms with E-state index in [4.69, 9.17) is 4.74 Å². The van der Waals surface area contributed by atoms with E-state index >= 15 is 0 Å². The monoisotopic (exact) mass is 309 g/mol. The fraction of sp³-hybridized carbons (Fsp3) is 0.350. The van der Waals surface area contributed by atoms with Gasteiger partial charge in [-0.05, 0) is 30.9 Å². The SMILES string of the molecule is Cc1cccc(CNC(=O)C2(c3ccccc3)CCOCC2)c1. The van der Waals surface area contributed by atoms with Crippen LogP contribution in [0.2, 0.25) is 0 Å². The van der Waals surface area contributed by atoms with Crippen molar-refractivity contribution >= 4 is 5.91 Å². The Bertz CT molecular complexity index is 660. The van der Waals surface area contributed by atoms with Gasteiger partial charge in [-0.2, -0.15) is 0 Å². The van der Waals surface area contributed by atoms with Crippen LogP contribution in [0.3, 0.4) is 0 Å². The average molecular weight is 309 g/mol. The van der Waals surface area contributed by atoms with Crippen LogP contribution in [0.25, 0.3) is 0 Å². The van der Waals surface area contributed by atoms with Crippen molar-refractivity contribution in [2.75, 3.05) is 13.2 Å². The number of ether oxygens (including phenoxy) is 1. The van der Waals surface area contributed by atoms with Crippen LogP contribution in [0.5, 0.6) is 0 Å². The summed E-state index contributed by atoms with van der Waals surface area (Å²) in [5.74, 6) is 0.105. The molecule has 0 atom stereocenters. The molecule has 2 aromatic rings. The molecule has 3 nitrogen and oxygen atoms in total. The van der Waals surface area contributed by atoms with Gasteiger partial charge >= 0.3 is 0 Å². The Balaban J connectivity index is 1.78. The molecule has 3 rings (SSSR count). The van der Waals surface area contributed by atoms with E-state index in [-0.39, 0.29) is 5.91 Å². The summed E-state index contributed by atoms with van der Waals surface area (Å²) in [6, 6.07) is 18.3. The number of benzene rings is 2. The van der Waals surface area contributed by atoms with Gasteiger partial charge in [0.15, 0.2) is 0 Å². The third kappa shape index (κ3) is 3.45. The summed E-state index contributed by atoms with van der Waals surface area (Å²) in [7, 11) is 0. The molecule has 23 heavy (non-hydrogen) atoms. The topological polar surface area (TPSA) is 38.3 Å². The third-order valence-corrected chi connectivity index (χ3v) is 4.64. The molecule has 0 saturated carbocycles. The van der Waals surface area contributed by atoms with Gasteiger partial charge in [-0.3, -0.25) is 4.79 Å². The minimum absolute atomic E-state index is 0.105. The molecule has 1 saturated heterocycles. The molecular weight excluding hydrogens is 286 g/mol. The summed E-state index contributed by atoms with van der Waals surface area (Å²) in [5.41, 5.74) is 2.96. The lowest BCUT2D eigenvalue weighted by Crippen LogP contribution is -2.47. The molecule has 0 aromatic heterocycles. The van der Waals surface area contributed by atoms with E-state index in [1.165, 1.54) is 5.56 Å². The zero-order chi connectivity index (χ0) is 16.1. The normalized spacial score (nSPS) is 16.7. The van der Waals surface area contributed by atoms with Crippen LogP contribution in [-0.4, -0.2) is 19.1 Å². The third-order valence-electron chi connectivity index (χ3n) is 4.64. The van der Waals surface area contributed by atoms with Gasteiger partial charge in [-0.1, -0.05) is 60.2 Å². The number of hydrogen-bond donors (Lipinski definition) is 1. The maximum Gasteiger partial charge on any atom is 0.231 e.